The lowest BCUT2D eigenvalue weighted by Crippen LogP contribution is -2.43. The minimum absolute atomic E-state index is 0.242. The Kier molecular flexibility index (Phi) is 6.56. The number of nitrogens with one attached hydrogen (secondary N) is 1. The number of amides is 2. The highest BCUT2D eigenvalue weighted by molar-refractivity contribution is 5.77. The van der Waals surface area contributed by atoms with Crippen LogP contribution in [-0.2, 0) is 4.79 Å². The minimum atomic E-state index is -4.65. The van der Waals surface area contributed by atoms with Crippen molar-refractivity contribution in [3.05, 3.63) is 29.8 Å². The van der Waals surface area contributed by atoms with Crippen LogP contribution in [0, 0.1) is 18.8 Å². The van der Waals surface area contributed by atoms with Gasteiger partial charge >= 0.3 is 18.2 Å². The minimum Gasteiger partial charge on any atom is -0.481 e. The summed E-state index contributed by atoms with van der Waals surface area (Å²) in [5.74, 6) is -5.21. The average molecular weight is 387 g/mol. The maximum atomic E-state index is 13.0. The normalized spacial score (nSPS) is 19.8. The number of alkyl halides is 3. The number of benzene rings is 1. The number of carboxylic acids is 1. The number of likely N-dealkylation sites (tertiary alicyclic amines) is 1. The fourth-order valence-corrected chi connectivity index (χ4v) is 3.33. The third-order valence-electron chi connectivity index (χ3n) is 4.84. The third-order valence-corrected chi connectivity index (χ3v) is 4.84. The molecular weight excluding hydrogens is 363 g/mol. The summed E-state index contributed by atoms with van der Waals surface area (Å²) in [6, 6.07) is 7.11. The van der Waals surface area contributed by atoms with Gasteiger partial charge in [0, 0.05) is 38.4 Å². The van der Waals surface area contributed by atoms with Gasteiger partial charge < -0.3 is 20.2 Å². The van der Waals surface area contributed by atoms with Crippen LogP contribution in [0.1, 0.15) is 12.5 Å². The molecule has 27 heavy (non-hydrogen) atoms. The SMILES string of the molecule is CCN(CCNC(=O)N1C[C@@H](C(F)(F)F)[C@H](C(=O)O)C1)c1ccccc1C. The van der Waals surface area contributed by atoms with Gasteiger partial charge in [-0.15, -0.1) is 0 Å². The second-order valence-corrected chi connectivity index (χ2v) is 6.60. The Morgan fingerprint density at radius 3 is 2.48 bits per heavy atom. The van der Waals surface area contributed by atoms with Crippen LogP contribution in [0.2, 0.25) is 0 Å². The highest BCUT2D eigenvalue weighted by Gasteiger charge is 2.53. The van der Waals surface area contributed by atoms with Crippen LogP contribution in [0.3, 0.4) is 0 Å². The van der Waals surface area contributed by atoms with Crippen molar-refractivity contribution < 1.29 is 27.9 Å². The van der Waals surface area contributed by atoms with Crippen LogP contribution in [0.25, 0.3) is 0 Å². The molecule has 2 N–H and O–H groups in total. The molecular formula is C18H24F3N3O3. The van der Waals surface area contributed by atoms with E-state index < -0.39 is 43.1 Å². The first kappa shape index (κ1) is 20.9. The number of aryl methyl sites for hydroxylation is 1. The van der Waals surface area contributed by atoms with Gasteiger partial charge in [0.15, 0.2) is 0 Å². The number of likely N-dealkylation sites (N-methyl/N-ethyl adjacent to an activating group) is 1. The number of hydrogen-bond acceptors (Lipinski definition) is 3. The summed E-state index contributed by atoms with van der Waals surface area (Å²) in [6.45, 7) is 4.31. The van der Waals surface area contributed by atoms with Gasteiger partial charge in [0.05, 0.1) is 11.8 Å². The maximum Gasteiger partial charge on any atom is 0.394 e. The maximum absolute atomic E-state index is 13.0. The molecule has 2 atom stereocenters. The van der Waals surface area contributed by atoms with Crippen LogP contribution in [-0.4, -0.2) is 60.9 Å². The van der Waals surface area contributed by atoms with Gasteiger partial charge in [0.2, 0.25) is 0 Å². The number of anilines is 1. The molecule has 1 aromatic carbocycles. The van der Waals surface area contributed by atoms with Crippen LogP contribution >= 0.6 is 0 Å². The zero-order chi connectivity index (χ0) is 20.2. The molecule has 0 unspecified atom stereocenters. The van der Waals surface area contributed by atoms with Crippen LogP contribution < -0.4 is 10.2 Å². The van der Waals surface area contributed by atoms with E-state index in [0.29, 0.717) is 13.1 Å². The Bertz CT molecular complexity index is 681. The van der Waals surface area contributed by atoms with Crippen molar-refractivity contribution >= 4 is 17.7 Å². The average Bonchev–Trinajstić information content (AvgIpc) is 3.06. The summed E-state index contributed by atoms with van der Waals surface area (Å²) in [6.07, 6.45) is -4.65. The number of para-hydroxylation sites is 1. The number of halogens is 3. The molecule has 1 fully saturated rings. The molecule has 0 saturated carbocycles. The molecule has 0 spiro atoms. The van der Waals surface area contributed by atoms with Crippen molar-refractivity contribution in [1.29, 1.82) is 0 Å². The monoisotopic (exact) mass is 387 g/mol. The summed E-state index contributed by atoms with van der Waals surface area (Å²) < 4.78 is 39.0. The third kappa shape index (κ3) is 5.05. The zero-order valence-corrected chi connectivity index (χ0v) is 15.3. The number of urea groups is 1. The number of carbonyl (C=O) groups is 2. The molecule has 0 radical (unpaired) electrons. The second kappa shape index (κ2) is 8.49. The number of aliphatic carboxylic acids is 1. The number of rotatable bonds is 6. The van der Waals surface area contributed by atoms with Crippen molar-refractivity contribution in [1.82, 2.24) is 10.2 Å². The van der Waals surface area contributed by atoms with E-state index in [1.807, 2.05) is 38.1 Å². The van der Waals surface area contributed by atoms with Crippen LogP contribution in [0.15, 0.2) is 24.3 Å². The van der Waals surface area contributed by atoms with Gasteiger partial charge in [-0.3, -0.25) is 4.79 Å². The Balaban J connectivity index is 1.92. The molecule has 9 heteroatoms. The van der Waals surface area contributed by atoms with Gasteiger partial charge in [-0.05, 0) is 25.5 Å². The quantitative estimate of drug-likeness (QED) is 0.787. The van der Waals surface area contributed by atoms with Gasteiger partial charge in [-0.1, -0.05) is 18.2 Å². The van der Waals surface area contributed by atoms with Crippen molar-refractivity contribution in [2.24, 2.45) is 11.8 Å². The summed E-state index contributed by atoms with van der Waals surface area (Å²) in [5, 5.41) is 11.6. The summed E-state index contributed by atoms with van der Waals surface area (Å²) in [4.78, 5) is 26.3. The van der Waals surface area contributed by atoms with E-state index in [-0.39, 0.29) is 6.54 Å². The van der Waals surface area contributed by atoms with Crippen molar-refractivity contribution in [2.45, 2.75) is 20.0 Å². The molecule has 1 aromatic rings. The fraction of sp³-hybridized carbons (Fsp3) is 0.556. The highest BCUT2D eigenvalue weighted by Crippen LogP contribution is 2.37. The Morgan fingerprint density at radius 1 is 1.30 bits per heavy atom. The number of nitrogens with zero attached hydrogens (tertiary/aromatic N) is 2. The van der Waals surface area contributed by atoms with E-state index in [2.05, 4.69) is 10.2 Å². The molecule has 0 bridgehead atoms. The standard InChI is InChI=1S/C18H24F3N3O3/c1-3-23(15-7-5-4-6-12(15)2)9-8-22-17(27)24-10-13(16(25)26)14(11-24)18(19,20)21/h4-7,13-14H,3,8-11H2,1-2H3,(H,22,27)(H,25,26)/t13-,14-/m1/s1. The van der Waals surface area contributed by atoms with Gasteiger partial charge in [-0.25, -0.2) is 4.79 Å². The summed E-state index contributed by atoms with van der Waals surface area (Å²) >= 11 is 0. The van der Waals surface area contributed by atoms with Gasteiger partial charge in [-0.2, -0.15) is 13.2 Å². The van der Waals surface area contributed by atoms with E-state index in [4.69, 9.17) is 5.11 Å². The molecule has 6 nitrogen and oxygen atoms in total. The molecule has 1 aliphatic heterocycles. The van der Waals surface area contributed by atoms with Crippen molar-refractivity contribution in [3.8, 4) is 0 Å². The predicted molar refractivity (Wildman–Crippen MR) is 94.7 cm³/mol. The Morgan fingerprint density at radius 2 is 1.96 bits per heavy atom. The van der Waals surface area contributed by atoms with E-state index in [0.717, 1.165) is 16.2 Å². The number of carbonyl (C=O) groups excluding carboxylic acids is 1. The first-order chi connectivity index (χ1) is 12.6. The predicted octanol–water partition coefficient (Wildman–Crippen LogP) is 2.73. The molecule has 0 aliphatic carbocycles. The molecule has 150 valence electrons. The van der Waals surface area contributed by atoms with E-state index in [1.165, 1.54) is 0 Å². The molecule has 1 heterocycles. The lowest BCUT2D eigenvalue weighted by molar-refractivity contribution is -0.187. The van der Waals surface area contributed by atoms with E-state index >= 15 is 0 Å². The summed E-state index contributed by atoms with van der Waals surface area (Å²) in [7, 11) is 0. The Labute approximate surface area is 155 Å². The fourth-order valence-electron chi connectivity index (χ4n) is 3.33. The first-order valence-electron chi connectivity index (χ1n) is 8.78. The number of hydrogen-bond donors (Lipinski definition) is 2. The van der Waals surface area contributed by atoms with E-state index in [9.17, 15) is 22.8 Å². The lowest BCUT2D eigenvalue weighted by atomic mass is 9.96. The van der Waals surface area contributed by atoms with Gasteiger partial charge in [0.1, 0.15) is 0 Å². The molecule has 1 aliphatic rings. The lowest BCUT2D eigenvalue weighted by Gasteiger charge is -2.26. The van der Waals surface area contributed by atoms with Crippen LogP contribution in [0.5, 0.6) is 0 Å². The van der Waals surface area contributed by atoms with Crippen molar-refractivity contribution in [3.63, 3.8) is 0 Å². The van der Waals surface area contributed by atoms with Gasteiger partial charge in [0.25, 0.3) is 0 Å². The zero-order valence-electron chi connectivity index (χ0n) is 15.3. The van der Waals surface area contributed by atoms with Crippen LogP contribution in [0.4, 0.5) is 23.7 Å². The summed E-state index contributed by atoms with van der Waals surface area (Å²) in [5.41, 5.74) is 2.11. The highest BCUT2D eigenvalue weighted by atomic mass is 19.4. The van der Waals surface area contributed by atoms with E-state index in [1.54, 1.807) is 0 Å². The molecule has 1 saturated heterocycles. The second-order valence-electron chi connectivity index (χ2n) is 6.60. The molecule has 2 rings (SSSR count). The molecule has 2 amide bonds. The largest absolute Gasteiger partial charge is 0.481 e. The Hall–Kier alpha value is -2.45. The first-order valence-corrected chi connectivity index (χ1v) is 8.78. The number of carboxylic acid groups (broad SMARTS) is 1. The topological polar surface area (TPSA) is 72.9 Å². The molecule has 0 aromatic heterocycles. The van der Waals surface area contributed by atoms with Crippen molar-refractivity contribution in [2.75, 3.05) is 37.6 Å². The smallest absolute Gasteiger partial charge is 0.394 e.